The van der Waals surface area contributed by atoms with Gasteiger partial charge in [-0.3, -0.25) is 4.79 Å². The highest BCUT2D eigenvalue weighted by atomic mass is 16.2. The fourth-order valence-electron chi connectivity index (χ4n) is 1.31. The van der Waals surface area contributed by atoms with Gasteiger partial charge in [-0.2, -0.15) is 5.26 Å². The number of hydrogen-bond acceptors (Lipinski definition) is 4. The fourth-order valence-corrected chi connectivity index (χ4v) is 1.31. The third-order valence-electron chi connectivity index (χ3n) is 2.22. The first kappa shape index (κ1) is 13.0. The minimum Gasteiger partial charge on any atom is -0.355 e. The van der Waals surface area contributed by atoms with E-state index in [0.717, 1.165) is 6.42 Å². The molecule has 1 aromatic rings. The molecule has 0 aliphatic heterocycles. The largest absolute Gasteiger partial charge is 0.355 e. The standard InChI is InChI=1S/C12H16N4O/c1-3-5-15-12(17)9-16(2)11-7-10(8-13)4-6-14-11/h4,6-7H,3,5,9H2,1-2H3,(H,15,17). The Hall–Kier alpha value is -2.09. The maximum absolute atomic E-state index is 11.5. The summed E-state index contributed by atoms with van der Waals surface area (Å²) in [5.74, 6) is 0.578. The van der Waals surface area contributed by atoms with Gasteiger partial charge in [-0.05, 0) is 18.6 Å². The normalized spacial score (nSPS) is 9.47. The van der Waals surface area contributed by atoms with Crippen molar-refractivity contribution in [2.75, 3.05) is 25.0 Å². The second-order valence-electron chi connectivity index (χ2n) is 3.72. The highest BCUT2D eigenvalue weighted by Gasteiger charge is 2.08. The molecule has 1 rings (SSSR count). The van der Waals surface area contributed by atoms with Crippen molar-refractivity contribution in [1.82, 2.24) is 10.3 Å². The number of carbonyl (C=O) groups excluding carboxylic acids is 1. The lowest BCUT2D eigenvalue weighted by Crippen LogP contribution is -2.35. The maximum atomic E-state index is 11.5. The van der Waals surface area contributed by atoms with Crippen LogP contribution in [0.1, 0.15) is 18.9 Å². The zero-order valence-electron chi connectivity index (χ0n) is 10.1. The zero-order chi connectivity index (χ0) is 12.7. The van der Waals surface area contributed by atoms with Crippen LogP contribution < -0.4 is 10.2 Å². The van der Waals surface area contributed by atoms with Crippen molar-refractivity contribution in [2.45, 2.75) is 13.3 Å². The SMILES string of the molecule is CCCNC(=O)CN(C)c1cc(C#N)ccn1. The van der Waals surface area contributed by atoms with Crippen LogP contribution >= 0.6 is 0 Å². The molecule has 0 atom stereocenters. The van der Waals surface area contributed by atoms with Gasteiger partial charge in [0.05, 0.1) is 18.2 Å². The Labute approximate surface area is 101 Å². The van der Waals surface area contributed by atoms with Crippen molar-refractivity contribution in [3.05, 3.63) is 23.9 Å². The van der Waals surface area contributed by atoms with Crippen LogP contribution in [-0.4, -0.2) is 31.0 Å². The molecule has 0 unspecified atom stereocenters. The summed E-state index contributed by atoms with van der Waals surface area (Å²) in [4.78, 5) is 17.3. The number of nitriles is 1. The predicted molar refractivity (Wildman–Crippen MR) is 65.5 cm³/mol. The van der Waals surface area contributed by atoms with E-state index < -0.39 is 0 Å². The Bertz CT molecular complexity index is 425. The number of aromatic nitrogens is 1. The van der Waals surface area contributed by atoms with Gasteiger partial charge in [0.1, 0.15) is 5.82 Å². The summed E-state index contributed by atoms with van der Waals surface area (Å²) < 4.78 is 0. The first-order chi connectivity index (χ1) is 8.17. The lowest BCUT2D eigenvalue weighted by atomic mass is 10.3. The quantitative estimate of drug-likeness (QED) is 0.819. The molecule has 5 nitrogen and oxygen atoms in total. The van der Waals surface area contributed by atoms with Crippen molar-refractivity contribution in [3.8, 4) is 6.07 Å². The van der Waals surface area contributed by atoms with Gasteiger partial charge < -0.3 is 10.2 Å². The first-order valence-electron chi connectivity index (χ1n) is 5.51. The molecule has 0 fully saturated rings. The van der Waals surface area contributed by atoms with E-state index in [2.05, 4.69) is 10.3 Å². The van der Waals surface area contributed by atoms with Gasteiger partial charge in [0, 0.05) is 19.8 Å². The minimum absolute atomic E-state index is 0.0430. The lowest BCUT2D eigenvalue weighted by molar-refractivity contribution is -0.119. The second-order valence-corrected chi connectivity index (χ2v) is 3.72. The molecule has 0 aromatic carbocycles. The van der Waals surface area contributed by atoms with Gasteiger partial charge in [-0.15, -0.1) is 0 Å². The number of nitrogens with zero attached hydrogens (tertiary/aromatic N) is 3. The molecule has 0 aliphatic carbocycles. The van der Waals surface area contributed by atoms with Gasteiger partial charge in [-0.1, -0.05) is 6.92 Å². The summed E-state index contributed by atoms with van der Waals surface area (Å²) in [6.45, 7) is 2.92. The summed E-state index contributed by atoms with van der Waals surface area (Å²) in [5.41, 5.74) is 0.538. The summed E-state index contributed by atoms with van der Waals surface area (Å²) in [6.07, 6.45) is 2.48. The zero-order valence-corrected chi connectivity index (χ0v) is 10.1. The van der Waals surface area contributed by atoms with E-state index in [-0.39, 0.29) is 12.5 Å². The molecule has 1 aromatic heterocycles. The van der Waals surface area contributed by atoms with E-state index in [1.54, 1.807) is 30.3 Å². The number of anilines is 1. The van der Waals surface area contributed by atoms with Gasteiger partial charge >= 0.3 is 0 Å². The Balaban J connectivity index is 2.60. The molecule has 0 bridgehead atoms. The van der Waals surface area contributed by atoms with E-state index in [1.807, 2.05) is 13.0 Å². The number of likely N-dealkylation sites (N-methyl/N-ethyl adjacent to an activating group) is 1. The third-order valence-corrected chi connectivity index (χ3v) is 2.22. The molecule has 0 aliphatic rings. The molecule has 0 spiro atoms. The van der Waals surface area contributed by atoms with Gasteiger partial charge in [-0.25, -0.2) is 4.98 Å². The average molecular weight is 232 g/mol. The van der Waals surface area contributed by atoms with Crippen LogP contribution in [0.15, 0.2) is 18.3 Å². The number of amides is 1. The van der Waals surface area contributed by atoms with Crippen LogP contribution in [0.2, 0.25) is 0 Å². The van der Waals surface area contributed by atoms with Crippen molar-refractivity contribution >= 4 is 11.7 Å². The molecule has 17 heavy (non-hydrogen) atoms. The van der Waals surface area contributed by atoms with Crippen molar-refractivity contribution < 1.29 is 4.79 Å². The number of rotatable bonds is 5. The number of hydrogen-bond donors (Lipinski definition) is 1. The Morgan fingerprint density at radius 3 is 3.06 bits per heavy atom. The summed E-state index contributed by atoms with van der Waals surface area (Å²) >= 11 is 0. The lowest BCUT2D eigenvalue weighted by Gasteiger charge is -2.17. The average Bonchev–Trinajstić information content (AvgIpc) is 2.36. The van der Waals surface area contributed by atoms with Crippen LogP contribution in [-0.2, 0) is 4.79 Å². The summed E-state index contributed by atoms with van der Waals surface area (Å²) in [5, 5.41) is 11.6. The molecular weight excluding hydrogens is 216 g/mol. The molecule has 0 saturated carbocycles. The van der Waals surface area contributed by atoms with E-state index in [4.69, 9.17) is 5.26 Å². The second kappa shape index (κ2) is 6.48. The molecule has 1 heterocycles. The minimum atomic E-state index is -0.0430. The van der Waals surface area contributed by atoms with Crippen molar-refractivity contribution in [2.24, 2.45) is 0 Å². The van der Waals surface area contributed by atoms with Crippen LogP contribution in [0.5, 0.6) is 0 Å². The van der Waals surface area contributed by atoms with Crippen LogP contribution in [0.25, 0.3) is 0 Å². The number of nitrogens with one attached hydrogen (secondary N) is 1. The smallest absolute Gasteiger partial charge is 0.239 e. The Kier molecular flexibility index (Phi) is 4.95. The topological polar surface area (TPSA) is 69.0 Å². The monoisotopic (exact) mass is 232 g/mol. The molecule has 90 valence electrons. The van der Waals surface area contributed by atoms with E-state index >= 15 is 0 Å². The highest BCUT2D eigenvalue weighted by molar-refractivity contribution is 5.80. The van der Waals surface area contributed by atoms with Crippen molar-refractivity contribution in [3.63, 3.8) is 0 Å². The molecule has 5 heteroatoms. The van der Waals surface area contributed by atoms with E-state index in [1.165, 1.54) is 0 Å². The van der Waals surface area contributed by atoms with E-state index in [9.17, 15) is 4.79 Å². The van der Waals surface area contributed by atoms with E-state index in [0.29, 0.717) is 17.9 Å². The van der Waals surface area contributed by atoms with Crippen LogP contribution in [0.4, 0.5) is 5.82 Å². The summed E-state index contributed by atoms with van der Waals surface area (Å²) in [6, 6.07) is 5.34. The first-order valence-corrected chi connectivity index (χ1v) is 5.51. The predicted octanol–water partition coefficient (Wildman–Crippen LogP) is 0.916. The molecule has 0 saturated heterocycles. The highest BCUT2D eigenvalue weighted by Crippen LogP contribution is 2.09. The number of carbonyl (C=O) groups is 1. The molecule has 0 radical (unpaired) electrons. The van der Waals surface area contributed by atoms with Gasteiger partial charge in [0.25, 0.3) is 0 Å². The maximum Gasteiger partial charge on any atom is 0.239 e. The Morgan fingerprint density at radius 2 is 2.41 bits per heavy atom. The Morgan fingerprint density at radius 1 is 1.65 bits per heavy atom. The molecule has 1 amide bonds. The molecule has 1 N–H and O–H groups in total. The van der Waals surface area contributed by atoms with Gasteiger partial charge in [0.2, 0.25) is 5.91 Å². The van der Waals surface area contributed by atoms with Crippen molar-refractivity contribution in [1.29, 1.82) is 5.26 Å². The summed E-state index contributed by atoms with van der Waals surface area (Å²) in [7, 11) is 1.77. The van der Waals surface area contributed by atoms with Gasteiger partial charge in [0.15, 0.2) is 0 Å². The molecular formula is C12H16N4O. The third kappa shape index (κ3) is 4.11. The van der Waals surface area contributed by atoms with Crippen LogP contribution in [0.3, 0.4) is 0 Å². The van der Waals surface area contributed by atoms with Crippen LogP contribution in [0, 0.1) is 11.3 Å². The number of pyridine rings is 1. The fraction of sp³-hybridized carbons (Fsp3) is 0.417.